The van der Waals surface area contributed by atoms with Crippen LogP contribution in [0.5, 0.6) is 11.5 Å². The normalized spacial score (nSPS) is 21.2. The highest BCUT2D eigenvalue weighted by molar-refractivity contribution is 7.10. The first kappa shape index (κ1) is 13.1. The smallest absolute Gasteiger partial charge is 0.162 e. The zero-order valence-electron chi connectivity index (χ0n) is 11.8. The summed E-state index contributed by atoms with van der Waals surface area (Å²) in [5.41, 5.74) is 2.12. The van der Waals surface area contributed by atoms with Gasteiger partial charge in [-0.25, -0.2) is 4.98 Å². The zero-order valence-corrected chi connectivity index (χ0v) is 12.6. The van der Waals surface area contributed by atoms with Crippen LogP contribution in [0.25, 0.3) is 11.3 Å². The van der Waals surface area contributed by atoms with Crippen LogP contribution in [0.1, 0.15) is 30.3 Å². The summed E-state index contributed by atoms with van der Waals surface area (Å²) in [6.45, 7) is 2.34. The number of piperidine rings is 1. The van der Waals surface area contributed by atoms with Gasteiger partial charge in [-0.2, -0.15) is 0 Å². The molecule has 2 aliphatic heterocycles. The van der Waals surface area contributed by atoms with Gasteiger partial charge in [-0.05, 0) is 37.6 Å². The highest BCUT2D eigenvalue weighted by atomic mass is 32.1. The number of fused-ring (bicyclic) bond motifs is 1. The molecule has 1 saturated heterocycles. The second kappa shape index (κ2) is 5.66. The standard InChI is InChI=1S/C16H18N2O2S/c1-2-6-17-12(3-1)16-18-13(10-21-16)11-4-5-14-15(9-11)20-8-7-19-14/h4-5,9-10,12,17H,1-3,6-8H2. The van der Waals surface area contributed by atoms with Crippen LogP contribution >= 0.6 is 11.3 Å². The number of nitrogens with zero attached hydrogens (tertiary/aromatic N) is 1. The summed E-state index contributed by atoms with van der Waals surface area (Å²) in [5, 5.41) is 6.88. The Morgan fingerprint density at radius 1 is 1.14 bits per heavy atom. The van der Waals surface area contributed by atoms with E-state index in [0.717, 1.165) is 29.3 Å². The quantitative estimate of drug-likeness (QED) is 0.923. The lowest BCUT2D eigenvalue weighted by atomic mass is 10.1. The molecule has 1 atom stereocenters. The van der Waals surface area contributed by atoms with Crippen molar-refractivity contribution < 1.29 is 9.47 Å². The van der Waals surface area contributed by atoms with Crippen LogP contribution in [0.15, 0.2) is 23.6 Å². The Balaban J connectivity index is 1.60. The Morgan fingerprint density at radius 3 is 2.90 bits per heavy atom. The molecule has 21 heavy (non-hydrogen) atoms. The average molecular weight is 302 g/mol. The number of thiazole rings is 1. The van der Waals surface area contributed by atoms with Gasteiger partial charge in [0.05, 0.1) is 11.7 Å². The third-order valence-corrected chi connectivity index (χ3v) is 4.93. The first-order valence-corrected chi connectivity index (χ1v) is 8.37. The van der Waals surface area contributed by atoms with E-state index in [0.29, 0.717) is 19.3 Å². The number of nitrogens with one attached hydrogen (secondary N) is 1. The summed E-state index contributed by atoms with van der Waals surface area (Å²) in [6, 6.07) is 6.49. The fourth-order valence-electron chi connectivity index (χ4n) is 2.85. The predicted octanol–water partition coefficient (Wildman–Crippen LogP) is 3.40. The van der Waals surface area contributed by atoms with Gasteiger partial charge >= 0.3 is 0 Å². The van der Waals surface area contributed by atoms with Crippen molar-refractivity contribution in [1.29, 1.82) is 0 Å². The van der Waals surface area contributed by atoms with Crippen LogP contribution in [0.4, 0.5) is 0 Å². The minimum Gasteiger partial charge on any atom is -0.486 e. The van der Waals surface area contributed by atoms with Crippen LogP contribution in [0.3, 0.4) is 0 Å². The van der Waals surface area contributed by atoms with Crippen molar-refractivity contribution in [3.63, 3.8) is 0 Å². The molecule has 0 spiro atoms. The minimum absolute atomic E-state index is 0.426. The van der Waals surface area contributed by atoms with Crippen molar-refractivity contribution in [2.45, 2.75) is 25.3 Å². The molecule has 1 fully saturated rings. The highest BCUT2D eigenvalue weighted by Crippen LogP contribution is 2.36. The third-order valence-electron chi connectivity index (χ3n) is 3.97. The maximum absolute atomic E-state index is 5.65. The Morgan fingerprint density at radius 2 is 2.05 bits per heavy atom. The number of rotatable bonds is 2. The number of hydrogen-bond donors (Lipinski definition) is 1. The molecule has 2 aromatic rings. The van der Waals surface area contributed by atoms with Crippen LogP contribution < -0.4 is 14.8 Å². The lowest BCUT2D eigenvalue weighted by Crippen LogP contribution is -2.26. The Kier molecular flexibility index (Phi) is 3.53. The van der Waals surface area contributed by atoms with E-state index in [1.54, 1.807) is 11.3 Å². The van der Waals surface area contributed by atoms with Gasteiger partial charge in [0.25, 0.3) is 0 Å². The molecule has 0 radical (unpaired) electrons. The summed E-state index contributed by atoms with van der Waals surface area (Å²) >= 11 is 1.74. The number of hydrogen-bond acceptors (Lipinski definition) is 5. The Bertz CT molecular complexity index is 635. The molecule has 0 saturated carbocycles. The maximum Gasteiger partial charge on any atom is 0.162 e. The van der Waals surface area contributed by atoms with Crippen LogP contribution in [-0.4, -0.2) is 24.7 Å². The fraction of sp³-hybridized carbons (Fsp3) is 0.438. The van der Waals surface area contributed by atoms with Crippen LogP contribution in [-0.2, 0) is 0 Å². The molecule has 1 aromatic heterocycles. The van der Waals surface area contributed by atoms with E-state index < -0.39 is 0 Å². The van der Waals surface area contributed by atoms with Crippen LogP contribution in [0.2, 0.25) is 0 Å². The van der Waals surface area contributed by atoms with E-state index in [2.05, 4.69) is 16.8 Å². The minimum atomic E-state index is 0.426. The molecule has 0 amide bonds. The molecule has 1 N–H and O–H groups in total. The molecule has 4 rings (SSSR count). The van der Waals surface area contributed by atoms with E-state index in [1.165, 1.54) is 24.3 Å². The van der Waals surface area contributed by atoms with Crippen molar-refractivity contribution in [3.8, 4) is 22.8 Å². The molecule has 2 aliphatic rings. The molecule has 3 heterocycles. The summed E-state index contributed by atoms with van der Waals surface area (Å²) in [7, 11) is 0. The van der Waals surface area contributed by atoms with Gasteiger partial charge in [0.2, 0.25) is 0 Å². The number of benzene rings is 1. The van der Waals surface area contributed by atoms with E-state index >= 15 is 0 Å². The van der Waals surface area contributed by atoms with Gasteiger partial charge in [0, 0.05) is 10.9 Å². The monoisotopic (exact) mass is 302 g/mol. The lowest BCUT2D eigenvalue weighted by Gasteiger charge is -2.21. The molecule has 4 nitrogen and oxygen atoms in total. The maximum atomic E-state index is 5.65. The SMILES string of the molecule is c1cc2c(cc1-c1csc(C3CCCCN3)n1)OCCO2. The average Bonchev–Trinajstić information content (AvgIpc) is 3.05. The van der Waals surface area contributed by atoms with Crippen molar-refractivity contribution >= 4 is 11.3 Å². The summed E-state index contributed by atoms with van der Waals surface area (Å²) in [4.78, 5) is 4.81. The summed E-state index contributed by atoms with van der Waals surface area (Å²) in [6.07, 6.45) is 3.75. The Labute approximate surface area is 128 Å². The zero-order chi connectivity index (χ0) is 14.1. The number of aromatic nitrogens is 1. The van der Waals surface area contributed by atoms with E-state index in [9.17, 15) is 0 Å². The van der Waals surface area contributed by atoms with Crippen molar-refractivity contribution in [2.24, 2.45) is 0 Å². The molecule has 0 bridgehead atoms. The number of ether oxygens (including phenoxy) is 2. The molecule has 0 aliphatic carbocycles. The van der Waals surface area contributed by atoms with Crippen molar-refractivity contribution in [1.82, 2.24) is 10.3 Å². The van der Waals surface area contributed by atoms with Gasteiger partial charge in [-0.15, -0.1) is 11.3 Å². The highest BCUT2D eigenvalue weighted by Gasteiger charge is 2.19. The molecule has 1 unspecified atom stereocenters. The van der Waals surface area contributed by atoms with Gasteiger partial charge in [0.1, 0.15) is 18.2 Å². The van der Waals surface area contributed by atoms with Gasteiger partial charge in [0.15, 0.2) is 11.5 Å². The Hall–Kier alpha value is -1.59. The molecular weight excluding hydrogens is 284 g/mol. The van der Waals surface area contributed by atoms with E-state index in [-0.39, 0.29) is 0 Å². The predicted molar refractivity (Wildman–Crippen MR) is 83.1 cm³/mol. The van der Waals surface area contributed by atoms with E-state index in [1.807, 2.05) is 12.1 Å². The van der Waals surface area contributed by atoms with Gasteiger partial charge in [-0.1, -0.05) is 6.42 Å². The first-order valence-electron chi connectivity index (χ1n) is 7.49. The van der Waals surface area contributed by atoms with Crippen LogP contribution in [0, 0.1) is 0 Å². The van der Waals surface area contributed by atoms with Gasteiger partial charge in [-0.3, -0.25) is 0 Å². The fourth-order valence-corrected chi connectivity index (χ4v) is 3.78. The van der Waals surface area contributed by atoms with Crippen molar-refractivity contribution in [3.05, 3.63) is 28.6 Å². The summed E-state index contributed by atoms with van der Waals surface area (Å²) in [5.74, 6) is 1.65. The molecule has 1 aromatic carbocycles. The van der Waals surface area contributed by atoms with E-state index in [4.69, 9.17) is 14.5 Å². The second-order valence-electron chi connectivity index (χ2n) is 5.43. The lowest BCUT2D eigenvalue weighted by molar-refractivity contribution is 0.171. The second-order valence-corrected chi connectivity index (χ2v) is 6.32. The molecule has 5 heteroatoms. The largest absolute Gasteiger partial charge is 0.486 e. The van der Waals surface area contributed by atoms with Gasteiger partial charge < -0.3 is 14.8 Å². The summed E-state index contributed by atoms with van der Waals surface area (Å²) < 4.78 is 11.2. The van der Waals surface area contributed by atoms with Crippen molar-refractivity contribution in [2.75, 3.05) is 19.8 Å². The molecular formula is C16H18N2O2S. The third kappa shape index (κ3) is 2.63. The molecule has 110 valence electrons. The topological polar surface area (TPSA) is 43.4 Å². The first-order chi connectivity index (χ1) is 10.4.